The number of aromatic hydroxyl groups is 1. The van der Waals surface area contributed by atoms with Crippen LogP contribution in [-0.2, 0) is 0 Å². The standard InChI is InChI=1S/C12H13NO2/c1-3-5-7-10-9(6-4-2)11(14)8-12(15)13-10/h3-8,14H,2H2,1H3,(H,13,15)/b5-3-,9-6+,10-7+. The minimum atomic E-state index is -0.329. The number of hydrogen-bond acceptors (Lipinski definition) is 2. The van der Waals surface area contributed by atoms with E-state index in [1.807, 2.05) is 13.0 Å². The van der Waals surface area contributed by atoms with Gasteiger partial charge in [0.15, 0.2) is 0 Å². The van der Waals surface area contributed by atoms with Gasteiger partial charge in [0, 0.05) is 11.3 Å². The fourth-order valence-corrected chi connectivity index (χ4v) is 1.19. The Balaban J connectivity index is 3.69. The number of aromatic nitrogens is 1. The van der Waals surface area contributed by atoms with Crippen LogP contribution in [0.5, 0.6) is 5.75 Å². The summed E-state index contributed by atoms with van der Waals surface area (Å²) in [6.07, 6.45) is 8.53. The van der Waals surface area contributed by atoms with E-state index >= 15 is 0 Å². The van der Waals surface area contributed by atoms with Gasteiger partial charge in [-0.1, -0.05) is 24.8 Å². The first-order chi connectivity index (χ1) is 7.19. The number of allylic oxidation sites excluding steroid dienone is 3. The molecule has 0 saturated heterocycles. The van der Waals surface area contributed by atoms with Crippen LogP contribution in [-0.4, -0.2) is 10.1 Å². The Labute approximate surface area is 87.4 Å². The van der Waals surface area contributed by atoms with Crippen LogP contribution in [0.15, 0.2) is 35.7 Å². The molecule has 0 radical (unpaired) electrons. The summed E-state index contributed by atoms with van der Waals surface area (Å²) in [6.45, 7) is 5.42. The molecule has 0 saturated carbocycles. The molecule has 0 atom stereocenters. The highest BCUT2D eigenvalue weighted by molar-refractivity contribution is 5.44. The maximum absolute atomic E-state index is 11.1. The lowest BCUT2D eigenvalue weighted by atomic mass is 10.2. The predicted molar refractivity (Wildman–Crippen MR) is 61.9 cm³/mol. The van der Waals surface area contributed by atoms with Crippen LogP contribution >= 0.6 is 0 Å². The summed E-state index contributed by atoms with van der Waals surface area (Å²) in [5.41, 5.74) is -0.329. The average molecular weight is 203 g/mol. The molecule has 0 bridgehead atoms. The van der Waals surface area contributed by atoms with E-state index < -0.39 is 0 Å². The molecular weight excluding hydrogens is 190 g/mol. The summed E-state index contributed by atoms with van der Waals surface area (Å²) in [5, 5.41) is 10.7. The van der Waals surface area contributed by atoms with Crippen molar-refractivity contribution in [2.45, 2.75) is 6.92 Å². The van der Waals surface area contributed by atoms with Gasteiger partial charge in [0.2, 0.25) is 0 Å². The number of aromatic amines is 1. The molecule has 0 aliphatic carbocycles. The van der Waals surface area contributed by atoms with Crippen LogP contribution in [0, 0.1) is 0 Å². The van der Waals surface area contributed by atoms with Crippen LogP contribution in [0.4, 0.5) is 0 Å². The predicted octanol–water partition coefficient (Wildman–Crippen LogP) is 0.404. The summed E-state index contributed by atoms with van der Waals surface area (Å²) in [6, 6.07) is 1.14. The van der Waals surface area contributed by atoms with Crippen molar-refractivity contribution in [2.24, 2.45) is 0 Å². The quantitative estimate of drug-likeness (QED) is 0.731. The maximum atomic E-state index is 11.1. The van der Waals surface area contributed by atoms with Gasteiger partial charge in [-0.3, -0.25) is 4.79 Å². The Kier molecular flexibility index (Phi) is 3.68. The molecule has 0 aliphatic heterocycles. The molecule has 0 spiro atoms. The molecule has 1 aromatic rings. The van der Waals surface area contributed by atoms with Gasteiger partial charge < -0.3 is 10.1 Å². The zero-order valence-electron chi connectivity index (χ0n) is 8.53. The molecule has 1 aromatic heterocycles. The number of rotatable bonds is 2. The van der Waals surface area contributed by atoms with Crippen LogP contribution < -0.4 is 16.1 Å². The van der Waals surface area contributed by atoms with Gasteiger partial charge >= 0.3 is 0 Å². The highest BCUT2D eigenvalue weighted by atomic mass is 16.3. The monoisotopic (exact) mass is 203 g/mol. The van der Waals surface area contributed by atoms with Gasteiger partial charge in [0.1, 0.15) is 5.75 Å². The SMILES string of the molecule is C=C/C=c1/c(O)cc(=O)[nH]/c1=C/C=C\C. The molecule has 3 nitrogen and oxygen atoms in total. The van der Waals surface area contributed by atoms with Crippen molar-refractivity contribution in [3.63, 3.8) is 0 Å². The lowest BCUT2D eigenvalue weighted by molar-refractivity contribution is 0.468. The Morgan fingerprint density at radius 2 is 2.20 bits per heavy atom. The van der Waals surface area contributed by atoms with Crippen molar-refractivity contribution in [1.29, 1.82) is 0 Å². The molecule has 1 heterocycles. The van der Waals surface area contributed by atoms with Crippen molar-refractivity contribution >= 4 is 12.2 Å². The van der Waals surface area contributed by atoms with Gasteiger partial charge in [-0.2, -0.15) is 0 Å². The Morgan fingerprint density at radius 3 is 2.80 bits per heavy atom. The van der Waals surface area contributed by atoms with E-state index in [1.54, 1.807) is 24.3 Å². The maximum Gasteiger partial charge on any atom is 0.252 e. The van der Waals surface area contributed by atoms with Crippen molar-refractivity contribution in [3.8, 4) is 5.75 Å². The highest BCUT2D eigenvalue weighted by Gasteiger charge is 1.94. The van der Waals surface area contributed by atoms with Gasteiger partial charge in [0.05, 0.1) is 5.35 Å². The molecule has 0 aliphatic rings. The highest BCUT2D eigenvalue weighted by Crippen LogP contribution is 1.89. The minimum Gasteiger partial charge on any atom is -0.507 e. The molecule has 15 heavy (non-hydrogen) atoms. The average Bonchev–Trinajstić information content (AvgIpc) is 2.19. The topological polar surface area (TPSA) is 53.1 Å². The second-order valence-electron chi connectivity index (χ2n) is 2.94. The molecule has 2 N–H and O–H groups in total. The van der Waals surface area contributed by atoms with E-state index in [0.29, 0.717) is 10.6 Å². The van der Waals surface area contributed by atoms with Crippen LogP contribution in [0.3, 0.4) is 0 Å². The molecule has 3 heteroatoms. The number of pyridine rings is 1. The molecule has 1 rings (SSSR count). The Bertz CT molecular complexity index is 550. The van der Waals surface area contributed by atoms with Crippen LogP contribution in [0.25, 0.3) is 12.2 Å². The lowest BCUT2D eigenvalue weighted by Crippen LogP contribution is -2.33. The van der Waals surface area contributed by atoms with E-state index in [0.717, 1.165) is 6.07 Å². The van der Waals surface area contributed by atoms with Gasteiger partial charge in [-0.15, -0.1) is 0 Å². The number of hydrogen-bond donors (Lipinski definition) is 2. The summed E-state index contributed by atoms with van der Waals surface area (Å²) >= 11 is 0. The zero-order valence-corrected chi connectivity index (χ0v) is 8.53. The molecular formula is C12H13NO2. The second-order valence-corrected chi connectivity index (χ2v) is 2.94. The molecule has 0 fully saturated rings. The Hall–Kier alpha value is -2.03. The largest absolute Gasteiger partial charge is 0.507 e. The zero-order chi connectivity index (χ0) is 11.3. The van der Waals surface area contributed by atoms with E-state index in [-0.39, 0.29) is 11.3 Å². The van der Waals surface area contributed by atoms with Crippen LogP contribution in [0.2, 0.25) is 0 Å². The van der Waals surface area contributed by atoms with Crippen molar-refractivity contribution in [1.82, 2.24) is 4.98 Å². The smallest absolute Gasteiger partial charge is 0.252 e. The van der Waals surface area contributed by atoms with Gasteiger partial charge in [-0.25, -0.2) is 0 Å². The normalized spacial score (nSPS) is 13.7. The fourth-order valence-electron chi connectivity index (χ4n) is 1.19. The first-order valence-corrected chi connectivity index (χ1v) is 4.57. The number of nitrogens with one attached hydrogen (secondary N) is 1. The fraction of sp³-hybridized carbons (Fsp3) is 0.0833. The minimum absolute atomic E-state index is 0.0468. The second kappa shape index (κ2) is 5.00. The third-order valence-corrected chi connectivity index (χ3v) is 1.83. The van der Waals surface area contributed by atoms with Gasteiger partial charge in [-0.05, 0) is 19.1 Å². The third kappa shape index (κ3) is 2.71. The lowest BCUT2D eigenvalue weighted by Gasteiger charge is -1.93. The third-order valence-electron chi connectivity index (χ3n) is 1.83. The van der Waals surface area contributed by atoms with E-state index in [2.05, 4.69) is 11.6 Å². The summed E-state index contributed by atoms with van der Waals surface area (Å²) < 4.78 is 0. The van der Waals surface area contributed by atoms with Gasteiger partial charge in [0.25, 0.3) is 5.56 Å². The number of H-pyrrole nitrogens is 1. The van der Waals surface area contributed by atoms with E-state index in [4.69, 9.17) is 0 Å². The summed E-state index contributed by atoms with van der Waals surface area (Å²) in [7, 11) is 0. The molecule has 0 aromatic carbocycles. The van der Waals surface area contributed by atoms with Crippen molar-refractivity contribution < 1.29 is 5.11 Å². The molecule has 78 valence electrons. The van der Waals surface area contributed by atoms with Crippen molar-refractivity contribution in [3.05, 3.63) is 51.8 Å². The molecule has 0 unspecified atom stereocenters. The van der Waals surface area contributed by atoms with E-state index in [9.17, 15) is 9.90 Å². The van der Waals surface area contributed by atoms with E-state index in [1.165, 1.54) is 0 Å². The first-order valence-electron chi connectivity index (χ1n) is 4.57. The summed E-state index contributed by atoms with van der Waals surface area (Å²) in [5.74, 6) is -0.0468. The van der Waals surface area contributed by atoms with Crippen molar-refractivity contribution in [2.75, 3.05) is 0 Å². The Morgan fingerprint density at radius 1 is 1.47 bits per heavy atom. The summed E-state index contributed by atoms with van der Waals surface area (Å²) in [4.78, 5) is 13.8. The molecule has 0 amide bonds. The van der Waals surface area contributed by atoms with Crippen LogP contribution in [0.1, 0.15) is 6.92 Å². The first kappa shape index (κ1) is 11.0.